The summed E-state index contributed by atoms with van der Waals surface area (Å²) in [5.74, 6) is 1.89. The van der Waals surface area contributed by atoms with Crippen LogP contribution in [0.4, 0.5) is 5.69 Å². The van der Waals surface area contributed by atoms with E-state index in [9.17, 15) is 4.79 Å². The lowest BCUT2D eigenvalue weighted by Gasteiger charge is -2.18. The average molecular weight is 361 g/mol. The molecule has 0 bridgehead atoms. The summed E-state index contributed by atoms with van der Waals surface area (Å²) < 4.78 is 2.32. The van der Waals surface area contributed by atoms with Gasteiger partial charge < -0.3 is 9.47 Å². The molecule has 1 amide bonds. The Morgan fingerprint density at radius 1 is 1.11 bits per heavy atom. The maximum Gasteiger partial charge on any atom is 0.227 e. The molecule has 1 fully saturated rings. The van der Waals surface area contributed by atoms with Crippen molar-refractivity contribution in [2.24, 2.45) is 5.92 Å². The first-order valence-corrected chi connectivity index (χ1v) is 9.91. The van der Waals surface area contributed by atoms with Crippen LogP contribution >= 0.6 is 0 Å². The second-order valence-corrected chi connectivity index (χ2v) is 7.89. The number of rotatable bonds is 5. The third kappa shape index (κ3) is 3.36. The molecule has 4 rings (SSSR count). The largest absolute Gasteiger partial charge is 0.327 e. The summed E-state index contributed by atoms with van der Waals surface area (Å²) in [5, 5.41) is 0. The molecule has 2 heterocycles. The normalized spacial score (nSPS) is 17.4. The number of nitrogens with zero attached hydrogens (tertiary/aromatic N) is 3. The number of anilines is 1. The van der Waals surface area contributed by atoms with Gasteiger partial charge in [-0.15, -0.1) is 0 Å². The van der Waals surface area contributed by atoms with Gasteiger partial charge in [-0.1, -0.05) is 45.0 Å². The molecule has 1 aliphatic heterocycles. The Hall–Kier alpha value is -2.62. The standard InChI is InChI=1S/C23H27N3O/c1-4-17-9-11-19(12-10-17)25-15-18(13-22(25)27)23-24-20-7-5-6-8-21(20)26(23)14-16(2)3/h5-12,16,18H,4,13-15H2,1-3H3/t18-/m1/s1. The number of para-hydroxylation sites is 2. The maximum absolute atomic E-state index is 12.8. The van der Waals surface area contributed by atoms with Crippen LogP contribution in [0.3, 0.4) is 0 Å². The van der Waals surface area contributed by atoms with Crippen LogP contribution in [0, 0.1) is 5.92 Å². The minimum Gasteiger partial charge on any atom is -0.327 e. The fourth-order valence-corrected chi connectivity index (χ4v) is 4.00. The van der Waals surface area contributed by atoms with Crippen LogP contribution in [0.5, 0.6) is 0 Å². The van der Waals surface area contributed by atoms with E-state index in [4.69, 9.17) is 4.98 Å². The van der Waals surface area contributed by atoms with Crippen molar-refractivity contribution >= 4 is 22.6 Å². The number of amides is 1. The van der Waals surface area contributed by atoms with Crippen LogP contribution in [0.1, 0.15) is 44.5 Å². The van der Waals surface area contributed by atoms with E-state index in [0.29, 0.717) is 18.9 Å². The van der Waals surface area contributed by atoms with Crippen LogP contribution in [-0.2, 0) is 17.8 Å². The summed E-state index contributed by atoms with van der Waals surface area (Å²) in [4.78, 5) is 19.6. The summed E-state index contributed by atoms with van der Waals surface area (Å²) in [6.07, 6.45) is 1.53. The minimum absolute atomic E-state index is 0.134. The second-order valence-electron chi connectivity index (χ2n) is 7.89. The predicted molar refractivity (Wildman–Crippen MR) is 110 cm³/mol. The molecule has 4 nitrogen and oxygen atoms in total. The minimum atomic E-state index is 0.134. The highest BCUT2D eigenvalue weighted by atomic mass is 16.2. The van der Waals surface area contributed by atoms with Crippen molar-refractivity contribution in [2.45, 2.75) is 46.1 Å². The molecule has 0 saturated carbocycles. The van der Waals surface area contributed by atoms with E-state index in [1.807, 2.05) is 11.0 Å². The SMILES string of the molecule is CCc1ccc(N2C[C@H](c3nc4ccccc4n3CC(C)C)CC2=O)cc1. The Labute approximate surface area is 160 Å². The monoisotopic (exact) mass is 361 g/mol. The zero-order valence-electron chi connectivity index (χ0n) is 16.4. The smallest absolute Gasteiger partial charge is 0.227 e. The summed E-state index contributed by atoms with van der Waals surface area (Å²) >= 11 is 0. The van der Waals surface area contributed by atoms with E-state index >= 15 is 0 Å². The van der Waals surface area contributed by atoms with Crippen LogP contribution in [0.2, 0.25) is 0 Å². The summed E-state index contributed by atoms with van der Waals surface area (Å²) in [7, 11) is 0. The summed E-state index contributed by atoms with van der Waals surface area (Å²) in [6.45, 7) is 8.21. The van der Waals surface area contributed by atoms with E-state index in [2.05, 4.69) is 67.8 Å². The second kappa shape index (κ2) is 7.18. The molecule has 0 N–H and O–H groups in total. The third-order valence-electron chi connectivity index (χ3n) is 5.38. The molecule has 0 radical (unpaired) electrons. The quantitative estimate of drug-likeness (QED) is 0.656. The number of aryl methyl sites for hydroxylation is 1. The molecular formula is C23H27N3O. The number of imidazole rings is 1. The molecule has 1 atom stereocenters. The Bertz CT molecular complexity index is 955. The van der Waals surface area contributed by atoms with Gasteiger partial charge >= 0.3 is 0 Å². The molecule has 3 aromatic rings. The average Bonchev–Trinajstić information content (AvgIpc) is 3.22. The molecule has 4 heteroatoms. The number of hydrogen-bond donors (Lipinski definition) is 0. The fourth-order valence-electron chi connectivity index (χ4n) is 4.00. The molecule has 0 aliphatic carbocycles. The molecule has 1 aromatic heterocycles. The van der Waals surface area contributed by atoms with Crippen molar-refractivity contribution in [2.75, 3.05) is 11.4 Å². The fraction of sp³-hybridized carbons (Fsp3) is 0.391. The molecule has 0 spiro atoms. The van der Waals surface area contributed by atoms with Gasteiger partial charge in [0.15, 0.2) is 0 Å². The first-order chi connectivity index (χ1) is 13.1. The van der Waals surface area contributed by atoms with Crippen molar-refractivity contribution in [3.8, 4) is 0 Å². The number of benzene rings is 2. The van der Waals surface area contributed by atoms with Gasteiger partial charge in [-0.25, -0.2) is 4.98 Å². The van der Waals surface area contributed by atoms with Crippen molar-refractivity contribution in [1.29, 1.82) is 0 Å². The van der Waals surface area contributed by atoms with Crippen molar-refractivity contribution in [3.63, 3.8) is 0 Å². The first kappa shape index (κ1) is 17.8. The van der Waals surface area contributed by atoms with E-state index in [1.54, 1.807) is 0 Å². The van der Waals surface area contributed by atoms with E-state index in [-0.39, 0.29) is 11.8 Å². The van der Waals surface area contributed by atoms with E-state index in [1.165, 1.54) is 11.1 Å². The molecule has 27 heavy (non-hydrogen) atoms. The maximum atomic E-state index is 12.8. The van der Waals surface area contributed by atoms with Gasteiger partial charge in [0, 0.05) is 31.1 Å². The van der Waals surface area contributed by atoms with Gasteiger partial charge in [0.25, 0.3) is 0 Å². The Morgan fingerprint density at radius 3 is 2.56 bits per heavy atom. The van der Waals surface area contributed by atoms with Crippen LogP contribution < -0.4 is 4.90 Å². The molecule has 140 valence electrons. The lowest BCUT2D eigenvalue weighted by Crippen LogP contribution is -2.24. The molecule has 0 unspecified atom stereocenters. The number of hydrogen-bond acceptors (Lipinski definition) is 2. The Morgan fingerprint density at radius 2 is 1.85 bits per heavy atom. The zero-order chi connectivity index (χ0) is 19.0. The summed E-state index contributed by atoms with van der Waals surface area (Å²) in [5.41, 5.74) is 4.47. The molecule has 1 saturated heterocycles. The zero-order valence-corrected chi connectivity index (χ0v) is 16.4. The highest BCUT2D eigenvalue weighted by Crippen LogP contribution is 2.33. The number of fused-ring (bicyclic) bond motifs is 1. The molecule has 2 aromatic carbocycles. The van der Waals surface area contributed by atoms with Gasteiger partial charge in [-0.2, -0.15) is 0 Å². The first-order valence-electron chi connectivity index (χ1n) is 9.91. The van der Waals surface area contributed by atoms with Gasteiger partial charge in [-0.05, 0) is 42.2 Å². The van der Waals surface area contributed by atoms with Crippen LogP contribution in [0.25, 0.3) is 11.0 Å². The lowest BCUT2D eigenvalue weighted by atomic mass is 10.1. The Kier molecular flexibility index (Phi) is 4.73. The predicted octanol–water partition coefficient (Wildman–Crippen LogP) is 4.78. The van der Waals surface area contributed by atoms with Crippen LogP contribution in [0.15, 0.2) is 48.5 Å². The van der Waals surface area contributed by atoms with Gasteiger partial charge in [0.1, 0.15) is 5.82 Å². The third-order valence-corrected chi connectivity index (χ3v) is 5.38. The number of aromatic nitrogens is 2. The highest BCUT2D eigenvalue weighted by molar-refractivity contribution is 5.96. The Balaban J connectivity index is 1.67. The van der Waals surface area contributed by atoms with Crippen LogP contribution in [-0.4, -0.2) is 22.0 Å². The van der Waals surface area contributed by atoms with E-state index in [0.717, 1.165) is 30.0 Å². The molecule has 1 aliphatic rings. The van der Waals surface area contributed by atoms with Crippen molar-refractivity contribution in [1.82, 2.24) is 9.55 Å². The van der Waals surface area contributed by atoms with Gasteiger partial charge in [0.05, 0.1) is 11.0 Å². The van der Waals surface area contributed by atoms with E-state index < -0.39 is 0 Å². The van der Waals surface area contributed by atoms with Gasteiger partial charge in [0.2, 0.25) is 5.91 Å². The summed E-state index contributed by atoms with van der Waals surface area (Å²) in [6, 6.07) is 16.6. The lowest BCUT2D eigenvalue weighted by molar-refractivity contribution is -0.117. The number of carbonyl (C=O) groups is 1. The van der Waals surface area contributed by atoms with Crippen molar-refractivity contribution in [3.05, 3.63) is 59.9 Å². The topological polar surface area (TPSA) is 38.1 Å². The van der Waals surface area contributed by atoms with Crippen molar-refractivity contribution < 1.29 is 4.79 Å². The molecular weight excluding hydrogens is 334 g/mol. The highest BCUT2D eigenvalue weighted by Gasteiger charge is 2.34. The number of carbonyl (C=O) groups excluding carboxylic acids is 1. The van der Waals surface area contributed by atoms with Gasteiger partial charge in [-0.3, -0.25) is 4.79 Å².